The maximum atomic E-state index is 12.1. The number of aromatic hydroxyl groups is 1. The lowest BCUT2D eigenvalue weighted by Gasteiger charge is -2.01. The summed E-state index contributed by atoms with van der Waals surface area (Å²) in [6.07, 6.45) is 1.34. The molecular weight excluding hydrogens is 363 g/mol. The average molecular weight is 375 g/mol. The molecule has 0 bridgehead atoms. The second-order valence-corrected chi connectivity index (χ2v) is 5.89. The summed E-state index contributed by atoms with van der Waals surface area (Å²) >= 11 is 12.0. The number of furan rings is 1. The van der Waals surface area contributed by atoms with Crippen LogP contribution in [0.5, 0.6) is 5.75 Å². The minimum Gasteiger partial charge on any atom is -0.507 e. The van der Waals surface area contributed by atoms with Gasteiger partial charge in [0.05, 0.1) is 11.2 Å². The number of rotatable bonds is 4. The van der Waals surface area contributed by atoms with Gasteiger partial charge in [-0.25, -0.2) is 5.43 Å². The highest BCUT2D eigenvalue weighted by molar-refractivity contribution is 6.36. The van der Waals surface area contributed by atoms with E-state index < -0.39 is 5.91 Å². The van der Waals surface area contributed by atoms with Crippen molar-refractivity contribution in [3.63, 3.8) is 0 Å². The van der Waals surface area contributed by atoms with E-state index in [4.69, 9.17) is 27.6 Å². The van der Waals surface area contributed by atoms with Crippen molar-refractivity contribution in [3.05, 3.63) is 76.0 Å². The number of carbonyl (C=O) groups excluding carboxylic acids is 1. The fraction of sp³-hybridized carbons (Fsp3) is 0. The maximum Gasteiger partial charge on any atom is 0.307 e. The molecule has 0 aliphatic carbocycles. The van der Waals surface area contributed by atoms with E-state index in [1.54, 1.807) is 42.5 Å². The lowest BCUT2D eigenvalue weighted by molar-refractivity contribution is 0.0928. The molecular formula is C18H12Cl2N2O3. The molecule has 2 N–H and O–H groups in total. The van der Waals surface area contributed by atoms with Crippen LogP contribution in [0.2, 0.25) is 10.0 Å². The van der Waals surface area contributed by atoms with Crippen LogP contribution in [0.3, 0.4) is 0 Å². The Kier molecular flexibility index (Phi) is 5.07. The zero-order chi connectivity index (χ0) is 17.8. The Labute approximate surface area is 153 Å². The van der Waals surface area contributed by atoms with Gasteiger partial charge in [-0.05, 0) is 42.5 Å². The lowest BCUT2D eigenvalue weighted by atomic mass is 10.2. The summed E-state index contributed by atoms with van der Waals surface area (Å²) < 4.78 is 5.52. The van der Waals surface area contributed by atoms with E-state index in [2.05, 4.69) is 10.5 Å². The van der Waals surface area contributed by atoms with Gasteiger partial charge < -0.3 is 9.52 Å². The number of phenolic OH excluding ortho intramolecular Hbond substituents is 1. The van der Waals surface area contributed by atoms with E-state index in [-0.39, 0.29) is 11.5 Å². The third-order valence-electron chi connectivity index (χ3n) is 3.33. The number of para-hydroxylation sites is 1. The minimum atomic E-state index is -0.525. The number of benzene rings is 2. The summed E-state index contributed by atoms with van der Waals surface area (Å²) in [6, 6.07) is 14.8. The number of nitrogens with one attached hydrogen (secondary N) is 1. The molecule has 1 heterocycles. The molecule has 126 valence electrons. The van der Waals surface area contributed by atoms with Crippen LogP contribution in [-0.4, -0.2) is 17.2 Å². The van der Waals surface area contributed by atoms with Gasteiger partial charge in [-0.1, -0.05) is 35.3 Å². The number of carbonyl (C=O) groups is 1. The number of nitrogens with zero attached hydrogens (tertiary/aromatic N) is 1. The molecule has 25 heavy (non-hydrogen) atoms. The third kappa shape index (κ3) is 4.02. The number of hydrazone groups is 1. The van der Waals surface area contributed by atoms with Crippen molar-refractivity contribution in [3.8, 4) is 17.1 Å². The monoisotopic (exact) mass is 374 g/mol. The SMILES string of the molecule is O=C(N/N=C\c1ccccc1O)c1ccc(-c2ccc(Cl)cc2Cl)o1. The zero-order valence-corrected chi connectivity index (χ0v) is 14.3. The lowest BCUT2D eigenvalue weighted by Crippen LogP contribution is -2.16. The Balaban J connectivity index is 1.72. The Morgan fingerprint density at radius 1 is 1.12 bits per heavy atom. The van der Waals surface area contributed by atoms with Crippen LogP contribution in [0.25, 0.3) is 11.3 Å². The molecule has 3 rings (SSSR count). The summed E-state index contributed by atoms with van der Waals surface area (Å²) in [5, 5.41) is 14.4. The predicted molar refractivity (Wildman–Crippen MR) is 97.3 cm³/mol. The first-order valence-electron chi connectivity index (χ1n) is 7.21. The van der Waals surface area contributed by atoms with Crippen molar-refractivity contribution in [2.75, 3.05) is 0 Å². The summed E-state index contributed by atoms with van der Waals surface area (Å²) in [5.41, 5.74) is 3.44. The average Bonchev–Trinajstić information content (AvgIpc) is 3.06. The van der Waals surface area contributed by atoms with Crippen LogP contribution in [0.1, 0.15) is 16.1 Å². The second kappa shape index (κ2) is 7.42. The summed E-state index contributed by atoms with van der Waals surface area (Å²) in [4.78, 5) is 12.1. The Hall–Kier alpha value is -2.76. The van der Waals surface area contributed by atoms with E-state index in [0.29, 0.717) is 26.9 Å². The number of hydrogen-bond donors (Lipinski definition) is 2. The Morgan fingerprint density at radius 2 is 1.92 bits per heavy atom. The van der Waals surface area contributed by atoms with E-state index in [1.807, 2.05) is 0 Å². The van der Waals surface area contributed by atoms with Crippen LogP contribution in [-0.2, 0) is 0 Å². The molecule has 1 amide bonds. The molecule has 0 aliphatic rings. The largest absolute Gasteiger partial charge is 0.507 e. The smallest absolute Gasteiger partial charge is 0.307 e. The first kappa shape index (κ1) is 17.1. The second-order valence-electron chi connectivity index (χ2n) is 5.05. The van der Waals surface area contributed by atoms with Crippen LogP contribution in [0.15, 0.2) is 64.1 Å². The van der Waals surface area contributed by atoms with Crippen molar-refractivity contribution < 1.29 is 14.3 Å². The van der Waals surface area contributed by atoms with E-state index in [0.717, 1.165) is 0 Å². The molecule has 1 aromatic heterocycles. The van der Waals surface area contributed by atoms with Crippen LogP contribution >= 0.6 is 23.2 Å². The van der Waals surface area contributed by atoms with Crippen molar-refractivity contribution in [2.45, 2.75) is 0 Å². The fourth-order valence-corrected chi connectivity index (χ4v) is 2.61. The molecule has 0 spiro atoms. The molecule has 7 heteroatoms. The van der Waals surface area contributed by atoms with Gasteiger partial charge in [-0.2, -0.15) is 5.10 Å². The van der Waals surface area contributed by atoms with Gasteiger partial charge in [0.2, 0.25) is 0 Å². The topological polar surface area (TPSA) is 74.8 Å². The highest BCUT2D eigenvalue weighted by atomic mass is 35.5. The molecule has 5 nitrogen and oxygen atoms in total. The number of halogens is 2. The zero-order valence-electron chi connectivity index (χ0n) is 12.7. The third-order valence-corrected chi connectivity index (χ3v) is 3.88. The van der Waals surface area contributed by atoms with Gasteiger partial charge in [-0.3, -0.25) is 4.79 Å². The van der Waals surface area contributed by atoms with Gasteiger partial charge in [-0.15, -0.1) is 0 Å². The molecule has 0 unspecified atom stereocenters. The van der Waals surface area contributed by atoms with Crippen LogP contribution < -0.4 is 5.43 Å². The summed E-state index contributed by atoms with van der Waals surface area (Å²) in [5.74, 6) is 0.0631. The van der Waals surface area contributed by atoms with E-state index >= 15 is 0 Å². The number of amides is 1. The molecule has 3 aromatic rings. The van der Waals surface area contributed by atoms with Crippen molar-refractivity contribution in [1.82, 2.24) is 5.43 Å². The van der Waals surface area contributed by atoms with Gasteiger partial charge >= 0.3 is 5.91 Å². The highest BCUT2D eigenvalue weighted by Gasteiger charge is 2.13. The number of hydrogen-bond acceptors (Lipinski definition) is 4. The predicted octanol–water partition coefficient (Wildman–Crippen LogP) is 4.72. The van der Waals surface area contributed by atoms with Crippen LogP contribution in [0, 0.1) is 0 Å². The first-order chi connectivity index (χ1) is 12.0. The minimum absolute atomic E-state index is 0.0677. The molecule has 2 aromatic carbocycles. The Bertz CT molecular complexity index is 951. The van der Waals surface area contributed by atoms with Gasteiger partial charge in [0.25, 0.3) is 0 Å². The van der Waals surface area contributed by atoms with Gasteiger partial charge in [0, 0.05) is 16.1 Å². The molecule has 0 atom stereocenters. The highest BCUT2D eigenvalue weighted by Crippen LogP contribution is 2.31. The molecule has 0 saturated carbocycles. The van der Waals surface area contributed by atoms with E-state index in [9.17, 15) is 9.90 Å². The van der Waals surface area contributed by atoms with Gasteiger partial charge in [0.1, 0.15) is 11.5 Å². The molecule has 0 fully saturated rings. The fourth-order valence-electron chi connectivity index (χ4n) is 2.11. The normalized spacial score (nSPS) is 11.0. The molecule has 0 saturated heterocycles. The number of phenols is 1. The Morgan fingerprint density at radius 3 is 2.68 bits per heavy atom. The van der Waals surface area contributed by atoms with Crippen molar-refractivity contribution in [2.24, 2.45) is 5.10 Å². The van der Waals surface area contributed by atoms with E-state index in [1.165, 1.54) is 18.3 Å². The quantitative estimate of drug-likeness (QED) is 0.512. The maximum absolute atomic E-state index is 12.1. The summed E-state index contributed by atoms with van der Waals surface area (Å²) in [6.45, 7) is 0. The van der Waals surface area contributed by atoms with Crippen molar-refractivity contribution in [1.29, 1.82) is 0 Å². The van der Waals surface area contributed by atoms with Crippen molar-refractivity contribution >= 4 is 35.3 Å². The van der Waals surface area contributed by atoms with Gasteiger partial charge in [0.15, 0.2) is 5.76 Å². The molecule has 0 aliphatic heterocycles. The molecule has 0 radical (unpaired) electrons. The first-order valence-corrected chi connectivity index (χ1v) is 7.97. The summed E-state index contributed by atoms with van der Waals surface area (Å²) in [7, 11) is 0. The van der Waals surface area contributed by atoms with Crippen LogP contribution in [0.4, 0.5) is 0 Å². The standard InChI is InChI=1S/C18H12Cl2N2O3/c19-12-5-6-13(14(20)9-12)16-7-8-17(25-16)18(24)22-21-10-11-3-1-2-4-15(11)23/h1-10,23H,(H,22,24)/b21-10-.